The minimum atomic E-state index is 0.583. The first-order valence-corrected chi connectivity index (χ1v) is 5.67. The zero-order chi connectivity index (χ0) is 12.3. The van der Waals surface area contributed by atoms with Crippen molar-refractivity contribution < 1.29 is 0 Å². The zero-order valence-electron chi connectivity index (χ0n) is 10.3. The second-order valence-electron chi connectivity index (χ2n) is 4.22. The fourth-order valence-electron chi connectivity index (χ4n) is 1.93. The molecule has 0 saturated carbocycles. The number of aromatic nitrogens is 2. The number of benzene rings is 1. The molecular formula is C13H18N4. The fourth-order valence-corrected chi connectivity index (χ4v) is 1.93. The molecule has 1 heterocycles. The largest absolute Gasteiger partial charge is 0.341 e. The highest BCUT2D eigenvalue weighted by molar-refractivity contribution is 5.33. The van der Waals surface area contributed by atoms with E-state index >= 15 is 0 Å². The molecule has 2 aromatic rings. The third-order valence-corrected chi connectivity index (χ3v) is 2.78. The number of hydrogen-bond donors (Lipinski definition) is 1. The van der Waals surface area contributed by atoms with Crippen LogP contribution in [0.1, 0.15) is 11.1 Å². The normalized spacial score (nSPS) is 10.5. The molecule has 0 atom stereocenters. The fraction of sp³-hybridized carbons (Fsp3) is 0.308. The Labute approximate surface area is 102 Å². The Morgan fingerprint density at radius 1 is 1.35 bits per heavy atom. The van der Waals surface area contributed by atoms with E-state index in [0.717, 1.165) is 18.1 Å². The molecule has 0 spiro atoms. The lowest BCUT2D eigenvalue weighted by Gasteiger charge is -2.18. The van der Waals surface area contributed by atoms with Gasteiger partial charge in [-0.25, -0.2) is 4.98 Å². The Balaban J connectivity index is 2.13. The third kappa shape index (κ3) is 2.65. The molecule has 0 unspecified atom stereocenters. The van der Waals surface area contributed by atoms with E-state index in [2.05, 4.69) is 22.0 Å². The van der Waals surface area contributed by atoms with Crippen molar-refractivity contribution in [2.75, 3.05) is 11.9 Å². The molecule has 0 aliphatic rings. The smallest absolute Gasteiger partial charge is 0.205 e. The lowest BCUT2D eigenvalue weighted by atomic mass is 10.1. The van der Waals surface area contributed by atoms with Crippen molar-refractivity contribution in [3.05, 3.63) is 47.8 Å². The topological polar surface area (TPSA) is 47.1 Å². The van der Waals surface area contributed by atoms with E-state index < -0.39 is 0 Å². The summed E-state index contributed by atoms with van der Waals surface area (Å²) in [4.78, 5) is 6.44. The number of hydrogen-bond acceptors (Lipinski definition) is 3. The molecule has 0 radical (unpaired) electrons. The summed E-state index contributed by atoms with van der Waals surface area (Å²) in [5.41, 5.74) is 8.05. The van der Waals surface area contributed by atoms with Crippen molar-refractivity contribution in [1.82, 2.24) is 9.55 Å². The Morgan fingerprint density at radius 2 is 2.12 bits per heavy atom. The molecule has 1 aromatic heterocycles. The molecule has 0 amide bonds. The van der Waals surface area contributed by atoms with E-state index in [-0.39, 0.29) is 0 Å². The highest BCUT2D eigenvalue weighted by Crippen LogP contribution is 2.13. The van der Waals surface area contributed by atoms with Crippen LogP contribution in [0.2, 0.25) is 0 Å². The summed E-state index contributed by atoms with van der Waals surface area (Å²) >= 11 is 0. The number of imidazole rings is 1. The van der Waals surface area contributed by atoms with Gasteiger partial charge in [-0.15, -0.1) is 0 Å². The van der Waals surface area contributed by atoms with Crippen molar-refractivity contribution in [3.63, 3.8) is 0 Å². The van der Waals surface area contributed by atoms with Crippen LogP contribution in [0.25, 0.3) is 0 Å². The summed E-state index contributed by atoms with van der Waals surface area (Å²) in [7, 11) is 4.03. The quantitative estimate of drug-likeness (QED) is 0.866. The van der Waals surface area contributed by atoms with Crippen LogP contribution in [-0.4, -0.2) is 16.6 Å². The van der Waals surface area contributed by atoms with Crippen molar-refractivity contribution in [3.8, 4) is 0 Å². The molecule has 17 heavy (non-hydrogen) atoms. The number of aryl methyl sites for hydroxylation is 1. The second-order valence-corrected chi connectivity index (χ2v) is 4.22. The molecule has 2 rings (SSSR count). The van der Waals surface area contributed by atoms with Crippen molar-refractivity contribution in [1.29, 1.82) is 0 Å². The Morgan fingerprint density at radius 3 is 2.76 bits per heavy atom. The first-order chi connectivity index (χ1) is 8.20. The van der Waals surface area contributed by atoms with Crippen molar-refractivity contribution in [2.45, 2.75) is 13.1 Å². The molecule has 0 fully saturated rings. The van der Waals surface area contributed by atoms with Crippen molar-refractivity contribution in [2.24, 2.45) is 12.8 Å². The molecule has 90 valence electrons. The van der Waals surface area contributed by atoms with Gasteiger partial charge in [0, 0.05) is 39.6 Å². The molecule has 0 bridgehead atoms. The monoisotopic (exact) mass is 230 g/mol. The van der Waals surface area contributed by atoms with Gasteiger partial charge in [-0.3, -0.25) is 0 Å². The Kier molecular flexibility index (Phi) is 3.44. The van der Waals surface area contributed by atoms with E-state index in [1.54, 1.807) is 0 Å². The van der Waals surface area contributed by atoms with Gasteiger partial charge in [0.15, 0.2) is 0 Å². The van der Waals surface area contributed by atoms with Gasteiger partial charge in [0.05, 0.1) is 0 Å². The summed E-state index contributed by atoms with van der Waals surface area (Å²) in [5, 5.41) is 0. The Hall–Kier alpha value is -1.81. The SMILES string of the molecule is CN(Cc1cccc(CN)c1)c1nccn1C. The number of nitrogens with two attached hydrogens (primary N) is 1. The maximum atomic E-state index is 5.64. The molecule has 1 aromatic carbocycles. The van der Waals surface area contributed by atoms with Gasteiger partial charge in [0.25, 0.3) is 0 Å². The van der Waals surface area contributed by atoms with Gasteiger partial charge in [-0.1, -0.05) is 24.3 Å². The number of nitrogens with zero attached hydrogens (tertiary/aromatic N) is 3. The van der Waals surface area contributed by atoms with Crippen LogP contribution in [0.4, 0.5) is 5.95 Å². The Bertz CT molecular complexity index is 490. The maximum Gasteiger partial charge on any atom is 0.205 e. The van der Waals surface area contributed by atoms with Gasteiger partial charge >= 0.3 is 0 Å². The molecule has 2 N–H and O–H groups in total. The molecule has 4 nitrogen and oxygen atoms in total. The van der Waals surface area contributed by atoms with Crippen molar-refractivity contribution >= 4 is 5.95 Å². The van der Waals surface area contributed by atoms with Crippen LogP contribution >= 0.6 is 0 Å². The predicted octanol–water partition coefficient (Wildman–Crippen LogP) is 1.52. The molecule has 4 heteroatoms. The summed E-state index contributed by atoms with van der Waals surface area (Å²) in [6.45, 7) is 1.42. The standard InChI is InChI=1S/C13H18N4/c1-16-7-6-15-13(16)17(2)10-12-5-3-4-11(8-12)9-14/h3-8H,9-10,14H2,1-2H3. The first kappa shape index (κ1) is 11.7. The summed E-state index contributed by atoms with van der Waals surface area (Å²) in [6, 6.07) is 8.34. The average molecular weight is 230 g/mol. The molecule has 0 aliphatic heterocycles. The molecular weight excluding hydrogens is 212 g/mol. The van der Waals surface area contributed by atoms with Gasteiger partial charge in [0.2, 0.25) is 5.95 Å². The summed E-state index contributed by atoms with van der Waals surface area (Å²) < 4.78 is 2.01. The highest BCUT2D eigenvalue weighted by atomic mass is 15.3. The second kappa shape index (κ2) is 5.01. The van der Waals surface area contributed by atoms with E-state index in [9.17, 15) is 0 Å². The highest BCUT2D eigenvalue weighted by Gasteiger charge is 2.06. The van der Waals surface area contributed by atoms with Crippen LogP contribution in [-0.2, 0) is 20.1 Å². The van der Waals surface area contributed by atoms with Gasteiger partial charge in [0.1, 0.15) is 0 Å². The number of anilines is 1. The van der Waals surface area contributed by atoms with Crippen LogP contribution in [0, 0.1) is 0 Å². The van der Waals surface area contributed by atoms with Crippen LogP contribution in [0.5, 0.6) is 0 Å². The number of rotatable bonds is 4. The van der Waals surface area contributed by atoms with E-state index in [0.29, 0.717) is 6.54 Å². The zero-order valence-corrected chi connectivity index (χ0v) is 10.3. The van der Waals surface area contributed by atoms with Crippen LogP contribution in [0.15, 0.2) is 36.7 Å². The van der Waals surface area contributed by atoms with E-state index in [1.807, 2.05) is 43.2 Å². The lowest BCUT2D eigenvalue weighted by molar-refractivity contribution is 0.804. The minimum absolute atomic E-state index is 0.583. The molecule has 0 saturated heterocycles. The van der Waals surface area contributed by atoms with Gasteiger partial charge in [-0.2, -0.15) is 0 Å². The van der Waals surface area contributed by atoms with Crippen LogP contribution < -0.4 is 10.6 Å². The summed E-state index contributed by atoms with van der Waals surface area (Å²) in [6.07, 6.45) is 3.75. The predicted molar refractivity (Wildman–Crippen MR) is 69.6 cm³/mol. The maximum absolute atomic E-state index is 5.64. The third-order valence-electron chi connectivity index (χ3n) is 2.78. The van der Waals surface area contributed by atoms with E-state index in [1.165, 1.54) is 5.56 Å². The first-order valence-electron chi connectivity index (χ1n) is 5.67. The lowest BCUT2D eigenvalue weighted by Crippen LogP contribution is -2.20. The van der Waals surface area contributed by atoms with E-state index in [4.69, 9.17) is 5.73 Å². The average Bonchev–Trinajstić information content (AvgIpc) is 2.76. The summed E-state index contributed by atoms with van der Waals surface area (Å²) in [5.74, 6) is 0.961. The van der Waals surface area contributed by atoms with Gasteiger partial charge in [-0.05, 0) is 11.1 Å². The molecule has 0 aliphatic carbocycles. The van der Waals surface area contributed by atoms with Gasteiger partial charge < -0.3 is 15.2 Å². The minimum Gasteiger partial charge on any atom is -0.341 e. The van der Waals surface area contributed by atoms with Crippen LogP contribution in [0.3, 0.4) is 0 Å².